The summed E-state index contributed by atoms with van der Waals surface area (Å²) in [6, 6.07) is -0.533. The van der Waals surface area contributed by atoms with Gasteiger partial charge < -0.3 is 10.0 Å². The lowest BCUT2D eigenvalue weighted by atomic mass is 9.98. The van der Waals surface area contributed by atoms with Gasteiger partial charge in [-0.2, -0.15) is 0 Å². The minimum absolute atomic E-state index is 0.0695. The number of likely N-dealkylation sites (N-methyl/N-ethyl adjacent to an activating group) is 2. The summed E-state index contributed by atoms with van der Waals surface area (Å²) in [6.45, 7) is 7.36. The van der Waals surface area contributed by atoms with Crippen LogP contribution in [0.25, 0.3) is 0 Å². The lowest BCUT2D eigenvalue weighted by Gasteiger charge is -2.37. The third-order valence-electron chi connectivity index (χ3n) is 3.57. The van der Waals surface area contributed by atoms with E-state index in [1.54, 1.807) is 4.90 Å². The standard InChI is InChI=1S/C12H22N2O3/c1-5-14-11(17)9(8-10(15)16)13(4)7-6-12(14,2)3/h9H,5-8H2,1-4H3,(H,15,16). The third-order valence-corrected chi connectivity index (χ3v) is 3.57. The molecule has 0 radical (unpaired) electrons. The summed E-state index contributed by atoms with van der Waals surface area (Å²) in [5, 5.41) is 8.88. The SMILES string of the molecule is CCN1C(=O)C(CC(=O)O)N(C)CCC1(C)C. The number of hydrogen-bond donors (Lipinski definition) is 1. The fourth-order valence-corrected chi connectivity index (χ4v) is 2.40. The minimum atomic E-state index is -0.925. The van der Waals surface area contributed by atoms with Crippen LogP contribution in [0.1, 0.15) is 33.6 Å². The van der Waals surface area contributed by atoms with Crippen LogP contribution in [0.3, 0.4) is 0 Å². The molecule has 1 N–H and O–H groups in total. The van der Waals surface area contributed by atoms with Crippen LogP contribution in [0, 0.1) is 0 Å². The second kappa shape index (κ2) is 5.04. The third kappa shape index (κ3) is 2.97. The Labute approximate surface area is 102 Å². The Morgan fingerprint density at radius 2 is 2.12 bits per heavy atom. The first-order valence-electron chi connectivity index (χ1n) is 6.03. The molecule has 0 aromatic carbocycles. The van der Waals surface area contributed by atoms with Gasteiger partial charge in [0.15, 0.2) is 0 Å². The van der Waals surface area contributed by atoms with Gasteiger partial charge >= 0.3 is 5.97 Å². The van der Waals surface area contributed by atoms with Crippen LogP contribution in [-0.2, 0) is 9.59 Å². The molecule has 0 aromatic rings. The number of hydrogen-bond acceptors (Lipinski definition) is 3. The van der Waals surface area contributed by atoms with Crippen molar-refractivity contribution >= 4 is 11.9 Å². The highest BCUT2D eigenvalue weighted by Crippen LogP contribution is 2.25. The van der Waals surface area contributed by atoms with E-state index >= 15 is 0 Å². The first-order chi connectivity index (χ1) is 7.79. The molecule has 1 fully saturated rings. The molecule has 17 heavy (non-hydrogen) atoms. The Balaban J connectivity index is 2.98. The fraction of sp³-hybridized carbons (Fsp3) is 0.833. The van der Waals surface area contributed by atoms with Crippen LogP contribution in [0.4, 0.5) is 0 Å². The maximum atomic E-state index is 12.4. The molecular formula is C12H22N2O3. The topological polar surface area (TPSA) is 60.9 Å². The molecule has 0 aromatic heterocycles. The van der Waals surface area contributed by atoms with Crippen molar-refractivity contribution in [1.29, 1.82) is 0 Å². The molecule has 1 atom stereocenters. The van der Waals surface area contributed by atoms with E-state index in [-0.39, 0.29) is 17.9 Å². The zero-order chi connectivity index (χ0) is 13.2. The molecule has 1 unspecified atom stereocenters. The largest absolute Gasteiger partial charge is 0.481 e. The van der Waals surface area contributed by atoms with Gasteiger partial charge in [-0.15, -0.1) is 0 Å². The van der Waals surface area contributed by atoms with Crippen LogP contribution in [0.5, 0.6) is 0 Å². The van der Waals surface area contributed by atoms with Gasteiger partial charge in [0.25, 0.3) is 0 Å². The van der Waals surface area contributed by atoms with Crippen LogP contribution in [-0.4, -0.2) is 58.5 Å². The van der Waals surface area contributed by atoms with E-state index in [0.717, 1.165) is 13.0 Å². The second-order valence-electron chi connectivity index (χ2n) is 5.24. The van der Waals surface area contributed by atoms with Crippen molar-refractivity contribution in [2.45, 2.75) is 45.2 Å². The number of carboxylic acids is 1. The number of carboxylic acid groups (broad SMARTS) is 1. The van der Waals surface area contributed by atoms with Crippen LogP contribution in [0.15, 0.2) is 0 Å². The van der Waals surface area contributed by atoms with E-state index in [9.17, 15) is 9.59 Å². The number of carbonyl (C=O) groups is 2. The van der Waals surface area contributed by atoms with Gasteiger partial charge in [-0.25, -0.2) is 0 Å². The maximum Gasteiger partial charge on any atom is 0.305 e. The van der Waals surface area contributed by atoms with Crippen molar-refractivity contribution in [3.63, 3.8) is 0 Å². The molecule has 1 amide bonds. The van der Waals surface area contributed by atoms with Gasteiger partial charge in [0.2, 0.25) is 5.91 Å². The minimum Gasteiger partial charge on any atom is -0.481 e. The second-order valence-corrected chi connectivity index (χ2v) is 5.24. The molecular weight excluding hydrogens is 220 g/mol. The predicted octanol–water partition coefficient (Wildman–Crippen LogP) is 0.792. The lowest BCUT2D eigenvalue weighted by Crippen LogP contribution is -2.51. The number of carbonyl (C=O) groups excluding carboxylic acids is 1. The first-order valence-corrected chi connectivity index (χ1v) is 6.03. The van der Waals surface area contributed by atoms with Crippen molar-refractivity contribution in [1.82, 2.24) is 9.80 Å². The molecule has 1 heterocycles. The van der Waals surface area contributed by atoms with Crippen molar-refractivity contribution < 1.29 is 14.7 Å². The highest BCUT2D eigenvalue weighted by molar-refractivity contribution is 5.87. The summed E-state index contributed by atoms with van der Waals surface area (Å²) < 4.78 is 0. The first kappa shape index (κ1) is 14.0. The summed E-state index contributed by atoms with van der Waals surface area (Å²) in [6.07, 6.45) is 0.737. The summed E-state index contributed by atoms with van der Waals surface area (Å²) in [5.41, 5.74) is -0.201. The summed E-state index contributed by atoms with van der Waals surface area (Å²) in [7, 11) is 1.82. The van der Waals surface area contributed by atoms with E-state index in [2.05, 4.69) is 0 Å². The Hall–Kier alpha value is -1.10. The lowest BCUT2D eigenvalue weighted by molar-refractivity contribution is -0.146. The normalized spacial score (nSPS) is 25.8. The van der Waals surface area contributed by atoms with Gasteiger partial charge in [-0.1, -0.05) is 0 Å². The smallest absolute Gasteiger partial charge is 0.305 e. The average Bonchev–Trinajstić information content (AvgIpc) is 2.28. The molecule has 1 aliphatic heterocycles. The predicted molar refractivity (Wildman–Crippen MR) is 64.8 cm³/mol. The molecule has 0 saturated carbocycles. The highest BCUT2D eigenvalue weighted by atomic mass is 16.4. The maximum absolute atomic E-state index is 12.4. The van der Waals surface area contributed by atoms with Crippen molar-refractivity contribution in [2.24, 2.45) is 0 Å². The quantitative estimate of drug-likeness (QED) is 0.795. The van der Waals surface area contributed by atoms with E-state index < -0.39 is 12.0 Å². The van der Waals surface area contributed by atoms with E-state index in [4.69, 9.17) is 5.11 Å². The Morgan fingerprint density at radius 3 is 2.59 bits per heavy atom. The number of rotatable bonds is 3. The molecule has 1 saturated heterocycles. The van der Waals surface area contributed by atoms with Gasteiger partial charge in [0.05, 0.1) is 12.5 Å². The summed E-state index contributed by atoms with van der Waals surface area (Å²) >= 11 is 0. The molecule has 98 valence electrons. The molecule has 5 nitrogen and oxygen atoms in total. The van der Waals surface area contributed by atoms with Crippen LogP contribution >= 0.6 is 0 Å². The molecule has 0 bridgehead atoms. The average molecular weight is 242 g/mol. The molecule has 1 rings (SSSR count). The van der Waals surface area contributed by atoms with Gasteiger partial charge in [-0.3, -0.25) is 14.5 Å². The molecule has 1 aliphatic rings. The number of nitrogens with zero attached hydrogens (tertiary/aromatic N) is 2. The molecule has 5 heteroatoms. The van der Waals surface area contributed by atoms with E-state index in [1.165, 1.54) is 0 Å². The van der Waals surface area contributed by atoms with Crippen molar-refractivity contribution in [2.75, 3.05) is 20.1 Å². The van der Waals surface area contributed by atoms with Gasteiger partial charge in [0.1, 0.15) is 0 Å². The summed E-state index contributed by atoms with van der Waals surface area (Å²) in [4.78, 5) is 26.8. The van der Waals surface area contributed by atoms with Crippen LogP contribution < -0.4 is 0 Å². The van der Waals surface area contributed by atoms with E-state index in [1.807, 2.05) is 32.7 Å². The number of aliphatic carboxylic acids is 1. The Kier molecular flexibility index (Phi) is 4.14. The van der Waals surface area contributed by atoms with Crippen molar-refractivity contribution in [3.8, 4) is 0 Å². The molecule has 0 aliphatic carbocycles. The monoisotopic (exact) mass is 242 g/mol. The summed E-state index contributed by atoms with van der Waals surface area (Å²) in [5.74, 6) is -0.995. The van der Waals surface area contributed by atoms with Crippen molar-refractivity contribution in [3.05, 3.63) is 0 Å². The van der Waals surface area contributed by atoms with Gasteiger partial charge in [0, 0.05) is 18.6 Å². The number of amides is 1. The fourth-order valence-electron chi connectivity index (χ4n) is 2.40. The van der Waals surface area contributed by atoms with Crippen LogP contribution in [0.2, 0.25) is 0 Å². The molecule has 0 spiro atoms. The van der Waals surface area contributed by atoms with Gasteiger partial charge in [-0.05, 0) is 34.2 Å². The highest BCUT2D eigenvalue weighted by Gasteiger charge is 2.39. The Morgan fingerprint density at radius 1 is 1.53 bits per heavy atom. The zero-order valence-corrected chi connectivity index (χ0v) is 11.1. The zero-order valence-electron chi connectivity index (χ0n) is 11.1. The Bertz CT molecular complexity index is 315. The van der Waals surface area contributed by atoms with E-state index in [0.29, 0.717) is 6.54 Å².